The molecule has 134 valence electrons. The Kier molecular flexibility index (Phi) is 6.07. The Bertz CT molecular complexity index is 525. The third-order valence-corrected chi connectivity index (χ3v) is 5.40. The lowest BCUT2D eigenvalue weighted by molar-refractivity contribution is 0.119. The molecule has 2 fully saturated rings. The number of nitrogens with one attached hydrogen (secondary N) is 2. The number of hydrogen-bond donors (Lipinski definition) is 2. The van der Waals surface area contributed by atoms with Crippen molar-refractivity contribution < 1.29 is 0 Å². The molecule has 0 bridgehead atoms. The number of guanidine groups is 1. The van der Waals surface area contributed by atoms with Gasteiger partial charge < -0.3 is 15.5 Å². The van der Waals surface area contributed by atoms with Crippen molar-refractivity contribution in [3.63, 3.8) is 0 Å². The zero-order chi connectivity index (χ0) is 16.8. The Labute approximate surface area is 144 Å². The van der Waals surface area contributed by atoms with Crippen LogP contribution in [0, 0.1) is 0 Å². The summed E-state index contributed by atoms with van der Waals surface area (Å²) in [5.41, 5.74) is 0. The number of aryl methyl sites for hydroxylation is 1. The second kappa shape index (κ2) is 8.46. The topological polar surface area (TPSA) is 70.4 Å². The Morgan fingerprint density at radius 1 is 1.21 bits per heavy atom. The smallest absolute Gasteiger partial charge is 0.191 e. The summed E-state index contributed by atoms with van der Waals surface area (Å²) in [6.07, 6.45) is 11.0. The van der Waals surface area contributed by atoms with E-state index in [1.54, 1.807) is 11.0 Å². The van der Waals surface area contributed by atoms with E-state index < -0.39 is 0 Å². The Morgan fingerprint density at radius 2 is 1.96 bits per heavy atom. The van der Waals surface area contributed by atoms with Gasteiger partial charge in [0.1, 0.15) is 12.2 Å². The van der Waals surface area contributed by atoms with Crippen molar-refractivity contribution in [1.29, 1.82) is 0 Å². The first-order valence-corrected chi connectivity index (χ1v) is 9.30. The van der Waals surface area contributed by atoms with Gasteiger partial charge in [-0.1, -0.05) is 19.3 Å². The van der Waals surface area contributed by atoms with Gasteiger partial charge in [-0.15, -0.1) is 0 Å². The van der Waals surface area contributed by atoms with Crippen LogP contribution >= 0.6 is 0 Å². The highest BCUT2D eigenvalue weighted by molar-refractivity contribution is 5.79. The summed E-state index contributed by atoms with van der Waals surface area (Å²) in [6.45, 7) is 3.06. The van der Waals surface area contributed by atoms with E-state index in [-0.39, 0.29) is 0 Å². The fourth-order valence-corrected chi connectivity index (χ4v) is 3.89. The van der Waals surface area contributed by atoms with Crippen molar-refractivity contribution in [2.45, 2.75) is 63.6 Å². The molecule has 7 nitrogen and oxygen atoms in total. The van der Waals surface area contributed by atoms with Crippen LogP contribution < -0.4 is 10.6 Å². The van der Waals surface area contributed by atoms with Crippen molar-refractivity contribution in [2.24, 2.45) is 12.0 Å². The molecule has 0 aromatic carbocycles. The van der Waals surface area contributed by atoms with Gasteiger partial charge in [0.15, 0.2) is 5.96 Å². The lowest BCUT2D eigenvalue weighted by Gasteiger charge is -2.39. The number of hydrogen-bond acceptors (Lipinski definition) is 4. The lowest BCUT2D eigenvalue weighted by Crippen LogP contribution is -2.50. The van der Waals surface area contributed by atoms with Gasteiger partial charge in [0.25, 0.3) is 0 Å². The first kappa shape index (κ1) is 17.2. The van der Waals surface area contributed by atoms with Crippen LogP contribution in [0.4, 0.5) is 0 Å². The third-order valence-electron chi connectivity index (χ3n) is 5.40. The quantitative estimate of drug-likeness (QED) is 0.641. The summed E-state index contributed by atoms with van der Waals surface area (Å²) in [4.78, 5) is 11.3. The molecule has 2 heterocycles. The number of rotatable bonds is 4. The number of piperidine rings is 1. The highest BCUT2D eigenvalue weighted by atomic mass is 15.3. The van der Waals surface area contributed by atoms with Gasteiger partial charge in [0.05, 0.1) is 6.54 Å². The van der Waals surface area contributed by atoms with Gasteiger partial charge in [-0.2, -0.15) is 5.10 Å². The van der Waals surface area contributed by atoms with Crippen LogP contribution in [0.3, 0.4) is 0 Å². The molecule has 7 heteroatoms. The maximum Gasteiger partial charge on any atom is 0.191 e. The standard InChI is InChI=1S/C17H31N7/c1-18-17(19-12-16-20-13-21-23(16)2)22-14-8-10-24(11-9-14)15-6-4-3-5-7-15/h13-15H,3-12H2,1-2H3,(H2,18,19,22). The summed E-state index contributed by atoms with van der Waals surface area (Å²) in [5, 5.41) is 11.0. The van der Waals surface area contributed by atoms with E-state index in [1.807, 2.05) is 14.1 Å². The van der Waals surface area contributed by atoms with Crippen molar-refractivity contribution in [2.75, 3.05) is 20.1 Å². The molecule has 1 saturated carbocycles. The van der Waals surface area contributed by atoms with Crippen molar-refractivity contribution in [1.82, 2.24) is 30.3 Å². The van der Waals surface area contributed by atoms with Crippen LogP contribution in [-0.4, -0.2) is 57.8 Å². The van der Waals surface area contributed by atoms with E-state index in [0.29, 0.717) is 12.6 Å². The van der Waals surface area contributed by atoms with Crippen LogP contribution in [0.1, 0.15) is 50.8 Å². The Morgan fingerprint density at radius 3 is 2.58 bits per heavy atom. The van der Waals surface area contributed by atoms with Crippen LogP contribution in [0.2, 0.25) is 0 Å². The predicted molar refractivity (Wildman–Crippen MR) is 95.8 cm³/mol. The fourth-order valence-electron chi connectivity index (χ4n) is 3.89. The van der Waals surface area contributed by atoms with Gasteiger partial charge in [0, 0.05) is 39.3 Å². The van der Waals surface area contributed by atoms with Crippen molar-refractivity contribution in [3.05, 3.63) is 12.2 Å². The van der Waals surface area contributed by atoms with Gasteiger partial charge in [-0.05, 0) is 25.7 Å². The third kappa shape index (κ3) is 4.47. The first-order chi connectivity index (χ1) is 11.8. The zero-order valence-corrected chi connectivity index (χ0v) is 15.0. The highest BCUT2D eigenvalue weighted by Crippen LogP contribution is 2.25. The van der Waals surface area contributed by atoms with Gasteiger partial charge in [-0.25, -0.2) is 4.98 Å². The van der Waals surface area contributed by atoms with Crippen LogP contribution in [0.15, 0.2) is 11.3 Å². The van der Waals surface area contributed by atoms with E-state index in [1.165, 1.54) is 58.0 Å². The summed E-state index contributed by atoms with van der Waals surface area (Å²) < 4.78 is 1.78. The zero-order valence-electron chi connectivity index (χ0n) is 15.0. The normalized spacial score (nSPS) is 21.8. The lowest BCUT2D eigenvalue weighted by atomic mass is 9.92. The summed E-state index contributed by atoms with van der Waals surface area (Å²) >= 11 is 0. The minimum atomic E-state index is 0.510. The molecule has 0 amide bonds. The van der Waals surface area contributed by atoms with Gasteiger partial charge in [0.2, 0.25) is 0 Å². The second-order valence-electron chi connectivity index (χ2n) is 6.97. The maximum atomic E-state index is 4.34. The Hall–Kier alpha value is -1.63. The molecule has 1 aromatic heterocycles. The van der Waals surface area contributed by atoms with E-state index in [0.717, 1.165) is 17.8 Å². The molecular weight excluding hydrogens is 302 g/mol. The van der Waals surface area contributed by atoms with Crippen LogP contribution in [-0.2, 0) is 13.6 Å². The van der Waals surface area contributed by atoms with E-state index in [4.69, 9.17) is 0 Å². The molecule has 3 rings (SSSR count). The van der Waals surface area contributed by atoms with E-state index in [9.17, 15) is 0 Å². The monoisotopic (exact) mass is 333 g/mol. The molecule has 1 saturated heterocycles. The number of nitrogens with zero attached hydrogens (tertiary/aromatic N) is 5. The highest BCUT2D eigenvalue weighted by Gasteiger charge is 2.26. The van der Waals surface area contributed by atoms with Crippen LogP contribution in [0.5, 0.6) is 0 Å². The predicted octanol–water partition coefficient (Wildman–Crippen LogP) is 1.28. The largest absolute Gasteiger partial charge is 0.354 e. The molecule has 1 aliphatic heterocycles. The number of aromatic nitrogens is 3. The second-order valence-corrected chi connectivity index (χ2v) is 6.97. The molecule has 24 heavy (non-hydrogen) atoms. The maximum absolute atomic E-state index is 4.34. The molecule has 0 radical (unpaired) electrons. The Balaban J connectivity index is 1.41. The van der Waals surface area contributed by atoms with E-state index >= 15 is 0 Å². The molecular formula is C17H31N7. The molecule has 0 unspecified atom stereocenters. The van der Waals surface area contributed by atoms with E-state index in [2.05, 4.69) is 30.6 Å². The van der Waals surface area contributed by atoms with Gasteiger partial charge in [-0.3, -0.25) is 9.67 Å². The molecule has 0 spiro atoms. The van der Waals surface area contributed by atoms with Crippen LogP contribution in [0.25, 0.3) is 0 Å². The molecule has 2 N–H and O–H groups in total. The fraction of sp³-hybridized carbons (Fsp3) is 0.824. The number of aliphatic imine (C=N–C) groups is 1. The minimum Gasteiger partial charge on any atom is -0.354 e. The molecule has 1 aliphatic carbocycles. The average molecular weight is 333 g/mol. The SMILES string of the molecule is CN=C(NCc1ncnn1C)NC1CCN(C2CCCCC2)CC1. The van der Waals surface area contributed by atoms with Gasteiger partial charge >= 0.3 is 0 Å². The minimum absolute atomic E-state index is 0.510. The van der Waals surface area contributed by atoms with Crippen molar-refractivity contribution >= 4 is 5.96 Å². The summed E-state index contributed by atoms with van der Waals surface area (Å²) in [7, 11) is 3.73. The number of likely N-dealkylation sites (tertiary alicyclic amines) is 1. The average Bonchev–Trinajstić information content (AvgIpc) is 3.05. The van der Waals surface area contributed by atoms with Crippen molar-refractivity contribution in [3.8, 4) is 0 Å². The molecule has 2 aliphatic rings. The molecule has 1 aromatic rings. The molecule has 0 atom stereocenters. The summed E-state index contributed by atoms with van der Waals surface area (Å²) in [5.74, 6) is 1.76. The first-order valence-electron chi connectivity index (χ1n) is 9.30. The summed E-state index contributed by atoms with van der Waals surface area (Å²) in [6, 6.07) is 1.35.